The van der Waals surface area contributed by atoms with Crippen LogP contribution in [0.15, 0.2) is 22.6 Å². The summed E-state index contributed by atoms with van der Waals surface area (Å²) in [5.74, 6) is 0. The highest BCUT2D eigenvalue weighted by atomic mass is 35.5. The summed E-state index contributed by atoms with van der Waals surface area (Å²) in [5.41, 5.74) is 1.91. The molecule has 4 heteroatoms. The molecular weight excluding hydrogens is 242 g/mol. The topological polar surface area (TPSA) is 29.4 Å². The molecule has 0 bridgehead atoms. The summed E-state index contributed by atoms with van der Waals surface area (Å²) in [6, 6.07) is 5.67. The summed E-state index contributed by atoms with van der Waals surface area (Å²) in [6.07, 6.45) is 1.58. The highest BCUT2D eigenvalue weighted by Gasteiger charge is 2.18. The van der Waals surface area contributed by atoms with Crippen molar-refractivity contribution in [3.05, 3.63) is 34.3 Å². The molecular formula is C12H16ClNOS. The molecule has 0 fully saturated rings. The van der Waals surface area contributed by atoms with Crippen molar-refractivity contribution in [2.75, 3.05) is 0 Å². The van der Waals surface area contributed by atoms with Crippen molar-refractivity contribution < 1.29 is 4.21 Å². The zero-order valence-corrected chi connectivity index (χ0v) is 11.5. The first kappa shape index (κ1) is 13.4. The number of benzene rings is 1. The third-order valence-electron chi connectivity index (χ3n) is 1.96. The predicted molar refractivity (Wildman–Crippen MR) is 71.7 cm³/mol. The van der Waals surface area contributed by atoms with Gasteiger partial charge in [-0.3, -0.25) is 0 Å². The Morgan fingerprint density at radius 3 is 2.56 bits per heavy atom. The molecule has 0 heterocycles. The van der Waals surface area contributed by atoms with Crippen molar-refractivity contribution in [3.63, 3.8) is 0 Å². The number of halogens is 1. The fourth-order valence-corrected chi connectivity index (χ4v) is 1.72. The molecule has 1 rings (SSSR count). The zero-order chi connectivity index (χ0) is 12.3. The smallest absolute Gasteiger partial charge is 0.144 e. The van der Waals surface area contributed by atoms with E-state index in [0.717, 1.165) is 11.1 Å². The summed E-state index contributed by atoms with van der Waals surface area (Å²) >= 11 is 6.00. The first-order valence-electron chi connectivity index (χ1n) is 5.03. The largest absolute Gasteiger partial charge is 0.234 e. The van der Waals surface area contributed by atoms with Crippen molar-refractivity contribution >= 4 is 28.8 Å². The van der Waals surface area contributed by atoms with Crippen molar-refractivity contribution in [2.24, 2.45) is 4.40 Å². The Morgan fingerprint density at radius 2 is 2.00 bits per heavy atom. The Morgan fingerprint density at radius 1 is 1.38 bits per heavy atom. The third kappa shape index (κ3) is 3.72. The van der Waals surface area contributed by atoms with Crippen molar-refractivity contribution in [3.8, 4) is 0 Å². The molecule has 0 amide bonds. The molecule has 0 radical (unpaired) electrons. The quantitative estimate of drug-likeness (QED) is 0.746. The molecule has 16 heavy (non-hydrogen) atoms. The van der Waals surface area contributed by atoms with Crippen LogP contribution in [-0.4, -0.2) is 15.2 Å². The summed E-state index contributed by atoms with van der Waals surface area (Å²) in [5, 5.41) is 0.625. The van der Waals surface area contributed by atoms with E-state index in [1.165, 1.54) is 0 Å². The molecule has 0 aliphatic heterocycles. The highest BCUT2D eigenvalue weighted by molar-refractivity contribution is 7.85. The lowest BCUT2D eigenvalue weighted by atomic mass is 10.1. The van der Waals surface area contributed by atoms with Crippen LogP contribution in [0.4, 0.5) is 0 Å². The Balaban J connectivity index is 2.93. The van der Waals surface area contributed by atoms with Gasteiger partial charge in [0.25, 0.3) is 0 Å². The second-order valence-electron chi connectivity index (χ2n) is 4.62. The zero-order valence-electron chi connectivity index (χ0n) is 9.95. The van der Waals surface area contributed by atoms with Gasteiger partial charge in [0.05, 0.1) is 4.75 Å². The Labute approximate surface area is 104 Å². The standard InChI is InChI=1S/C12H16ClNOS/c1-9-5-6-11(13)10(7-9)8-14-16(15)12(2,3)4/h5-8H,1-4H3/b14-8+/t16-/m0/s1. The lowest BCUT2D eigenvalue weighted by Crippen LogP contribution is -2.19. The first-order chi connectivity index (χ1) is 7.30. The van der Waals surface area contributed by atoms with E-state index < -0.39 is 11.0 Å². The summed E-state index contributed by atoms with van der Waals surface area (Å²) in [6.45, 7) is 7.64. The molecule has 0 N–H and O–H groups in total. The van der Waals surface area contributed by atoms with E-state index in [1.54, 1.807) is 6.21 Å². The number of rotatable bonds is 2. The summed E-state index contributed by atoms with van der Waals surface area (Å²) in [7, 11) is -1.24. The molecule has 1 aromatic rings. The maximum Gasteiger partial charge on any atom is 0.144 e. The van der Waals surface area contributed by atoms with Crippen LogP contribution >= 0.6 is 11.6 Å². The van der Waals surface area contributed by atoms with Gasteiger partial charge in [-0.25, -0.2) is 4.21 Å². The van der Waals surface area contributed by atoms with Crippen LogP contribution < -0.4 is 0 Å². The molecule has 88 valence electrons. The molecule has 0 spiro atoms. The Hall–Kier alpha value is -0.670. The summed E-state index contributed by atoms with van der Waals surface area (Å²) < 4.78 is 15.4. The van der Waals surface area contributed by atoms with Gasteiger partial charge < -0.3 is 0 Å². The fraction of sp³-hybridized carbons (Fsp3) is 0.417. The molecule has 1 aromatic carbocycles. The van der Waals surface area contributed by atoms with Gasteiger partial charge in [-0.1, -0.05) is 23.2 Å². The minimum Gasteiger partial charge on any atom is -0.234 e. The monoisotopic (exact) mass is 257 g/mol. The molecule has 0 saturated heterocycles. The van der Waals surface area contributed by atoms with E-state index in [9.17, 15) is 4.21 Å². The van der Waals surface area contributed by atoms with Gasteiger partial charge in [0, 0.05) is 16.8 Å². The van der Waals surface area contributed by atoms with E-state index in [0.29, 0.717) is 5.02 Å². The average molecular weight is 258 g/mol. The van der Waals surface area contributed by atoms with Crippen LogP contribution in [-0.2, 0) is 11.0 Å². The molecule has 0 aliphatic rings. The van der Waals surface area contributed by atoms with Crippen LogP contribution in [0.5, 0.6) is 0 Å². The molecule has 0 aliphatic carbocycles. The fourth-order valence-electron chi connectivity index (χ4n) is 1.02. The summed E-state index contributed by atoms with van der Waals surface area (Å²) in [4.78, 5) is 0. The van der Waals surface area contributed by atoms with Gasteiger partial charge >= 0.3 is 0 Å². The van der Waals surface area contributed by atoms with Gasteiger partial charge in [0.1, 0.15) is 11.0 Å². The SMILES string of the molecule is Cc1ccc(Cl)c(/C=N/[S@@](=O)C(C)(C)C)c1. The van der Waals surface area contributed by atoms with Crippen LogP contribution in [0.2, 0.25) is 5.02 Å². The molecule has 0 saturated carbocycles. The highest BCUT2D eigenvalue weighted by Crippen LogP contribution is 2.17. The van der Waals surface area contributed by atoms with E-state index in [1.807, 2.05) is 45.9 Å². The van der Waals surface area contributed by atoms with E-state index in [-0.39, 0.29) is 4.75 Å². The lowest BCUT2D eigenvalue weighted by molar-refractivity contribution is 0.651. The maximum atomic E-state index is 11.7. The minimum atomic E-state index is -1.24. The second-order valence-corrected chi connectivity index (χ2v) is 6.96. The number of hydrogen-bond donors (Lipinski definition) is 0. The number of nitrogens with zero attached hydrogens (tertiary/aromatic N) is 1. The lowest BCUT2D eigenvalue weighted by Gasteiger charge is -2.12. The second kappa shape index (κ2) is 5.11. The molecule has 2 nitrogen and oxygen atoms in total. The first-order valence-corrected chi connectivity index (χ1v) is 6.51. The van der Waals surface area contributed by atoms with Crippen LogP contribution in [0.25, 0.3) is 0 Å². The van der Waals surface area contributed by atoms with Crippen LogP contribution in [0.3, 0.4) is 0 Å². The average Bonchev–Trinajstić information content (AvgIpc) is 2.17. The van der Waals surface area contributed by atoms with Gasteiger partial charge in [-0.2, -0.15) is 4.40 Å². The van der Waals surface area contributed by atoms with Gasteiger partial charge in [0.2, 0.25) is 0 Å². The third-order valence-corrected chi connectivity index (χ3v) is 3.65. The Bertz CT molecular complexity index is 435. The van der Waals surface area contributed by atoms with Gasteiger partial charge in [-0.15, -0.1) is 0 Å². The van der Waals surface area contributed by atoms with Gasteiger partial charge in [-0.05, 0) is 39.8 Å². The normalized spacial score (nSPS) is 14.3. The molecule has 0 aromatic heterocycles. The van der Waals surface area contributed by atoms with Crippen molar-refractivity contribution in [2.45, 2.75) is 32.4 Å². The van der Waals surface area contributed by atoms with Crippen molar-refractivity contribution in [1.29, 1.82) is 0 Å². The number of hydrogen-bond acceptors (Lipinski definition) is 1. The van der Waals surface area contributed by atoms with E-state index in [2.05, 4.69) is 4.40 Å². The van der Waals surface area contributed by atoms with Crippen molar-refractivity contribution in [1.82, 2.24) is 0 Å². The van der Waals surface area contributed by atoms with Crippen LogP contribution in [0.1, 0.15) is 31.9 Å². The maximum absolute atomic E-state index is 11.7. The predicted octanol–water partition coefficient (Wildman–Crippen LogP) is 3.53. The van der Waals surface area contributed by atoms with Crippen LogP contribution in [0, 0.1) is 6.92 Å². The van der Waals surface area contributed by atoms with E-state index >= 15 is 0 Å². The van der Waals surface area contributed by atoms with Gasteiger partial charge in [0.15, 0.2) is 0 Å². The molecule has 1 atom stereocenters. The molecule has 0 unspecified atom stereocenters. The minimum absolute atomic E-state index is 0.340. The van der Waals surface area contributed by atoms with E-state index in [4.69, 9.17) is 11.6 Å². The Kier molecular flexibility index (Phi) is 4.28. The number of aryl methyl sites for hydroxylation is 1.